The monoisotopic (exact) mass is 310 g/mol. The van der Waals surface area contributed by atoms with Gasteiger partial charge in [-0.25, -0.2) is 0 Å². The van der Waals surface area contributed by atoms with E-state index >= 15 is 0 Å². The number of nitrogens with one attached hydrogen (secondary N) is 1. The van der Waals surface area contributed by atoms with Gasteiger partial charge >= 0.3 is 5.97 Å². The van der Waals surface area contributed by atoms with Crippen molar-refractivity contribution in [2.45, 2.75) is 13.8 Å². The van der Waals surface area contributed by atoms with Crippen LogP contribution in [0.2, 0.25) is 5.02 Å². The first-order valence-electron chi connectivity index (χ1n) is 6.88. The molecule has 1 aliphatic rings. The first-order chi connectivity index (χ1) is 9.88. The molecule has 1 aromatic rings. The summed E-state index contributed by atoms with van der Waals surface area (Å²) in [5.41, 5.74) is 1.51. The molecule has 0 aliphatic carbocycles. The van der Waals surface area contributed by atoms with Gasteiger partial charge in [-0.2, -0.15) is 0 Å². The molecule has 0 spiro atoms. The van der Waals surface area contributed by atoms with Crippen LogP contribution >= 0.6 is 11.6 Å². The van der Waals surface area contributed by atoms with Crippen molar-refractivity contribution in [3.8, 4) is 0 Å². The van der Waals surface area contributed by atoms with Gasteiger partial charge in [0, 0.05) is 23.8 Å². The van der Waals surface area contributed by atoms with E-state index in [2.05, 4.69) is 5.32 Å². The van der Waals surface area contributed by atoms with Crippen LogP contribution in [0.4, 0.5) is 5.69 Å². The van der Waals surface area contributed by atoms with Gasteiger partial charge in [0.25, 0.3) is 0 Å². The number of carboxylic acids is 1. The number of benzene rings is 1. The third-order valence-electron chi connectivity index (χ3n) is 3.91. The number of carbonyl (C=O) groups excluding carboxylic acids is 1. The lowest BCUT2D eigenvalue weighted by Gasteiger charge is -2.16. The van der Waals surface area contributed by atoms with Crippen molar-refractivity contribution >= 4 is 29.2 Å². The van der Waals surface area contributed by atoms with Crippen LogP contribution in [0.25, 0.3) is 0 Å². The van der Waals surface area contributed by atoms with Crippen molar-refractivity contribution in [1.82, 2.24) is 4.90 Å². The normalized spacial score (nSPS) is 22.2. The SMILES string of the molecule is Cc1c(Cl)cccc1NC(=O)CN1C[C@@H](C)[C@H](C(=O)O)C1. The minimum atomic E-state index is -0.795. The summed E-state index contributed by atoms with van der Waals surface area (Å²) in [5, 5.41) is 12.5. The lowest BCUT2D eigenvalue weighted by Crippen LogP contribution is -2.32. The molecule has 0 bridgehead atoms. The Morgan fingerprint density at radius 2 is 2.14 bits per heavy atom. The molecule has 1 aromatic carbocycles. The Morgan fingerprint density at radius 3 is 2.76 bits per heavy atom. The number of carboxylic acid groups (broad SMARTS) is 1. The largest absolute Gasteiger partial charge is 0.481 e. The molecule has 21 heavy (non-hydrogen) atoms. The Morgan fingerprint density at radius 1 is 1.43 bits per heavy atom. The molecule has 2 N–H and O–H groups in total. The molecule has 1 aliphatic heterocycles. The highest BCUT2D eigenvalue weighted by molar-refractivity contribution is 6.31. The number of likely N-dealkylation sites (tertiary alicyclic amines) is 1. The average molecular weight is 311 g/mol. The molecule has 1 fully saturated rings. The number of anilines is 1. The molecular weight excluding hydrogens is 292 g/mol. The predicted octanol–water partition coefficient (Wildman–Crippen LogP) is 2.24. The maximum Gasteiger partial charge on any atom is 0.308 e. The van der Waals surface area contributed by atoms with Crippen LogP contribution in [0.15, 0.2) is 18.2 Å². The van der Waals surface area contributed by atoms with E-state index in [4.69, 9.17) is 16.7 Å². The standard InChI is InChI=1S/C15H19ClN2O3/c1-9-6-18(7-11(9)15(20)21)8-14(19)17-13-5-3-4-12(16)10(13)2/h3-5,9,11H,6-8H2,1-2H3,(H,17,19)(H,20,21)/t9-,11-/m1/s1. The van der Waals surface area contributed by atoms with E-state index in [0.29, 0.717) is 23.8 Å². The fourth-order valence-electron chi connectivity index (χ4n) is 2.65. The highest BCUT2D eigenvalue weighted by atomic mass is 35.5. The Kier molecular flexibility index (Phi) is 4.85. The second-order valence-electron chi connectivity index (χ2n) is 5.58. The summed E-state index contributed by atoms with van der Waals surface area (Å²) in [6, 6.07) is 5.35. The number of hydrogen-bond donors (Lipinski definition) is 2. The van der Waals surface area contributed by atoms with Crippen molar-refractivity contribution in [3.05, 3.63) is 28.8 Å². The highest BCUT2D eigenvalue weighted by Crippen LogP contribution is 2.24. The zero-order chi connectivity index (χ0) is 15.6. The zero-order valence-corrected chi connectivity index (χ0v) is 12.9. The van der Waals surface area contributed by atoms with Crippen LogP contribution < -0.4 is 5.32 Å². The van der Waals surface area contributed by atoms with Gasteiger partial charge in [-0.3, -0.25) is 14.5 Å². The van der Waals surface area contributed by atoms with Gasteiger partial charge in [0.2, 0.25) is 5.91 Å². The molecule has 2 atom stereocenters. The topological polar surface area (TPSA) is 69.6 Å². The van der Waals surface area contributed by atoms with Crippen LogP contribution in [-0.4, -0.2) is 41.5 Å². The molecule has 0 radical (unpaired) electrons. The van der Waals surface area contributed by atoms with E-state index in [1.165, 1.54) is 0 Å². The van der Waals surface area contributed by atoms with Crippen LogP contribution in [0.5, 0.6) is 0 Å². The summed E-state index contributed by atoms with van der Waals surface area (Å²) in [5.74, 6) is -1.29. The zero-order valence-electron chi connectivity index (χ0n) is 12.1. The number of amides is 1. The van der Waals surface area contributed by atoms with Crippen molar-refractivity contribution in [3.63, 3.8) is 0 Å². The smallest absolute Gasteiger partial charge is 0.308 e. The minimum Gasteiger partial charge on any atom is -0.481 e. The van der Waals surface area contributed by atoms with Gasteiger partial charge in [-0.1, -0.05) is 24.6 Å². The number of carbonyl (C=O) groups is 2. The molecule has 5 nitrogen and oxygen atoms in total. The number of nitrogens with zero attached hydrogens (tertiary/aromatic N) is 1. The Hall–Kier alpha value is -1.59. The Labute approximate surface area is 128 Å². The number of halogens is 1. The van der Waals surface area contributed by atoms with E-state index < -0.39 is 11.9 Å². The van der Waals surface area contributed by atoms with Crippen molar-refractivity contribution in [1.29, 1.82) is 0 Å². The second kappa shape index (κ2) is 6.45. The fraction of sp³-hybridized carbons (Fsp3) is 0.467. The summed E-state index contributed by atoms with van der Waals surface area (Å²) < 4.78 is 0. The highest BCUT2D eigenvalue weighted by Gasteiger charge is 2.35. The van der Waals surface area contributed by atoms with Gasteiger partial charge in [0.15, 0.2) is 0 Å². The third-order valence-corrected chi connectivity index (χ3v) is 4.32. The average Bonchev–Trinajstić information content (AvgIpc) is 2.76. The molecule has 1 heterocycles. The number of hydrogen-bond acceptors (Lipinski definition) is 3. The quantitative estimate of drug-likeness (QED) is 0.895. The van der Waals surface area contributed by atoms with Crippen LogP contribution in [-0.2, 0) is 9.59 Å². The third kappa shape index (κ3) is 3.74. The second-order valence-corrected chi connectivity index (χ2v) is 5.98. The van der Waals surface area contributed by atoms with E-state index in [9.17, 15) is 9.59 Å². The van der Waals surface area contributed by atoms with Gasteiger partial charge in [0.05, 0.1) is 12.5 Å². The summed E-state index contributed by atoms with van der Waals surface area (Å²) in [6.45, 7) is 4.98. The van der Waals surface area contributed by atoms with Crippen molar-refractivity contribution in [2.75, 3.05) is 25.0 Å². The molecule has 0 saturated carbocycles. The first kappa shape index (κ1) is 15.8. The summed E-state index contributed by atoms with van der Waals surface area (Å²) >= 11 is 6.01. The Bertz CT molecular complexity index is 562. The lowest BCUT2D eigenvalue weighted by molar-refractivity contribution is -0.142. The van der Waals surface area contributed by atoms with E-state index in [0.717, 1.165) is 5.56 Å². The summed E-state index contributed by atoms with van der Waals surface area (Å²) in [4.78, 5) is 25.0. The van der Waals surface area contributed by atoms with Crippen molar-refractivity contribution < 1.29 is 14.7 Å². The maximum absolute atomic E-state index is 12.1. The molecule has 1 saturated heterocycles. The fourth-order valence-corrected chi connectivity index (χ4v) is 2.83. The van der Waals surface area contributed by atoms with Crippen LogP contribution in [0.1, 0.15) is 12.5 Å². The summed E-state index contributed by atoms with van der Waals surface area (Å²) in [6.07, 6.45) is 0. The first-order valence-corrected chi connectivity index (χ1v) is 7.26. The summed E-state index contributed by atoms with van der Waals surface area (Å²) in [7, 11) is 0. The minimum absolute atomic E-state index is 0.0585. The van der Waals surface area contributed by atoms with E-state index in [-0.39, 0.29) is 18.4 Å². The molecule has 0 unspecified atom stereocenters. The molecule has 114 valence electrons. The van der Waals surface area contributed by atoms with Crippen LogP contribution in [0, 0.1) is 18.8 Å². The molecule has 2 rings (SSSR count). The number of aliphatic carboxylic acids is 1. The van der Waals surface area contributed by atoms with Gasteiger partial charge in [-0.15, -0.1) is 0 Å². The van der Waals surface area contributed by atoms with E-state index in [1.807, 2.05) is 18.7 Å². The van der Waals surface area contributed by atoms with E-state index in [1.54, 1.807) is 18.2 Å². The molecule has 0 aromatic heterocycles. The Balaban J connectivity index is 1.94. The predicted molar refractivity (Wildman–Crippen MR) is 81.5 cm³/mol. The lowest BCUT2D eigenvalue weighted by atomic mass is 9.99. The number of rotatable bonds is 4. The van der Waals surface area contributed by atoms with Crippen molar-refractivity contribution in [2.24, 2.45) is 11.8 Å². The molecule has 1 amide bonds. The van der Waals surface area contributed by atoms with Gasteiger partial charge in [0.1, 0.15) is 0 Å². The molecule has 6 heteroatoms. The van der Waals surface area contributed by atoms with Gasteiger partial charge < -0.3 is 10.4 Å². The van der Waals surface area contributed by atoms with Gasteiger partial charge in [-0.05, 0) is 30.5 Å². The molecular formula is C15H19ClN2O3. The maximum atomic E-state index is 12.1. The van der Waals surface area contributed by atoms with Crippen LogP contribution in [0.3, 0.4) is 0 Å².